The van der Waals surface area contributed by atoms with E-state index in [1.165, 1.54) is 28.6 Å². The third kappa shape index (κ3) is 4.95. The van der Waals surface area contributed by atoms with Gasteiger partial charge in [0.05, 0.1) is 23.0 Å². The quantitative estimate of drug-likeness (QED) is 0.690. The molecule has 1 N–H and O–H groups in total. The number of rotatable bonds is 6. The molecule has 1 aliphatic rings. The summed E-state index contributed by atoms with van der Waals surface area (Å²) in [5.41, 5.74) is 0.664. The van der Waals surface area contributed by atoms with Crippen molar-refractivity contribution in [3.8, 4) is 0 Å². The van der Waals surface area contributed by atoms with Crippen LogP contribution in [0, 0.1) is 0 Å². The summed E-state index contributed by atoms with van der Waals surface area (Å²) >= 11 is 3.26. The van der Waals surface area contributed by atoms with Crippen LogP contribution >= 0.6 is 15.9 Å². The molecule has 0 bridgehead atoms. The van der Waals surface area contributed by atoms with E-state index in [4.69, 9.17) is 4.74 Å². The minimum atomic E-state index is -3.64. The van der Waals surface area contributed by atoms with E-state index in [1.54, 1.807) is 24.3 Å². The molecular weight excluding hydrogens is 456 g/mol. The first-order valence-corrected chi connectivity index (χ1v) is 11.9. The largest absolute Gasteiger partial charge is 0.379 e. The molecule has 27 heavy (non-hydrogen) atoms. The number of benzene rings is 2. The Morgan fingerprint density at radius 2 is 1.44 bits per heavy atom. The van der Waals surface area contributed by atoms with E-state index >= 15 is 0 Å². The van der Waals surface area contributed by atoms with Crippen LogP contribution < -0.4 is 4.72 Å². The van der Waals surface area contributed by atoms with Crippen LogP contribution in [0.4, 0.5) is 0 Å². The van der Waals surface area contributed by atoms with Crippen LogP contribution in [0.5, 0.6) is 0 Å². The minimum Gasteiger partial charge on any atom is -0.379 e. The van der Waals surface area contributed by atoms with Crippen molar-refractivity contribution in [1.82, 2.24) is 9.03 Å². The first-order chi connectivity index (χ1) is 12.8. The van der Waals surface area contributed by atoms with Gasteiger partial charge in [-0.25, -0.2) is 21.6 Å². The predicted molar refractivity (Wildman–Crippen MR) is 104 cm³/mol. The third-order valence-electron chi connectivity index (χ3n) is 4.12. The Kier molecular flexibility index (Phi) is 6.34. The fraction of sp³-hybridized carbons (Fsp3) is 0.294. The Bertz CT molecular complexity index is 985. The standard InChI is InChI=1S/C17H19BrN2O5S2/c18-15-3-7-16(8-4-15)26(21,22)19-13-14-1-5-17(6-2-14)27(23,24)20-9-11-25-12-10-20/h1-8,19H,9-13H2. The highest BCUT2D eigenvalue weighted by Gasteiger charge is 2.26. The Morgan fingerprint density at radius 3 is 2.04 bits per heavy atom. The van der Waals surface area contributed by atoms with E-state index in [0.29, 0.717) is 31.9 Å². The van der Waals surface area contributed by atoms with E-state index < -0.39 is 20.0 Å². The second-order valence-electron chi connectivity index (χ2n) is 5.94. The fourth-order valence-electron chi connectivity index (χ4n) is 2.59. The summed E-state index contributed by atoms with van der Waals surface area (Å²) < 4.78 is 59.7. The molecule has 0 spiro atoms. The molecule has 1 aliphatic heterocycles. The van der Waals surface area contributed by atoms with Crippen molar-refractivity contribution in [1.29, 1.82) is 0 Å². The number of sulfonamides is 2. The van der Waals surface area contributed by atoms with Gasteiger partial charge in [0.2, 0.25) is 20.0 Å². The molecule has 2 aromatic rings. The fourth-order valence-corrected chi connectivity index (χ4v) is 5.28. The van der Waals surface area contributed by atoms with Gasteiger partial charge in [-0.2, -0.15) is 4.31 Å². The monoisotopic (exact) mass is 474 g/mol. The average molecular weight is 475 g/mol. The topological polar surface area (TPSA) is 92.8 Å². The zero-order chi connectivity index (χ0) is 19.5. The Hall–Kier alpha value is -1.30. The number of nitrogens with one attached hydrogen (secondary N) is 1. The van der Waals surface area contributed by atoms with Gasteiger partial charge in [-0.3, -0.25) is 0 Å². The lowest BCUT2D eigenvalue weighted by Gasteiger charge is -2.26. The summed E-state index contributed by atoms with van der Waals surface area (Å²) in [5, 5.41) is 0. The van der Waals surface area contributed by atoms with Crippen molar-refractivity contribution >= 4 is 36.0 Å². The molecule has 1 heterocycles. The molecule has 0 atom stereocenters. The second-order valence-corrected chi connectivity index (χ2v) is 10.6. The minimum absolute atomic E-state index is 0.0658. The summed E-state index contributed by atoms with van der Waals surface area (Å²) in [7, 11) is -7.20. The van der Waals surface area contributed by atoms with E-state index in [1.807, 2.05) is 0 Å². The Balaban J connectivity index is 1.68. The number of halogens is 1. The van der Waals surface area contributed by atoms with Crippen LogP contribution in [-0.2, 0) is 31.3 Å². The highest BCUT2D eigenvalue weighted by Crippen LogP contribution is 2.18. The molecule has 0 unspecified atom stereocenters. The molecule has 2 aromatic carbocycles. The van der Waals surface area contributed by atoms with E-state index in [-0.39, 0.29) is 16.3 Å². The van der Waals surface area contributed by atoms with Crippen molar-refractivity contribution in [2.45, 2.75) is 16.3 Å². The summed E-state index contributed by atoms with van der Waals surface area (Å²) in [4.78, 5) is 0.348. The number of hydrogen-bond donors (Lipinski definition) is 1. The molecule has 0 aromatic heterocycles. The molecule has 7 nitrogen and oxygen atoms in total. The summed E-state index contributed by atoms with van der Waals surface area (Å²) in [6.45, 7) is 1.49. The second kappa shape index (κ2) is 8.38. The van der Waals surface area contributed by atoms with E-state index in [2.05, 4.69) is 20.7 Å². The van der Waals surface area contributed by atoms with Gasteiger partial charge >= 0.3 is 0 Å². The third-order valence-corrected chi connectivity index (χ3v) is 7.98. The summed E-state index contributed by atoms with van der Waals surface area (Å²) in [5.74, 6) is 0. The van der Waals surface area contributed by atoms with Gasteiger partial charge in [0.25, 0.3) is 0 Å². The zero-order valence-corrected chi connectivity index (χ0v) is 17.6. The first kappa shape index (κ1) is 20.4. The van der Waals surface area contributed by atoms with Gasteiger partial charge in [-0.15, -0.1) is 0 Å². The van der Waals surface area contributed by atoms with Crippen molar-refractivity contribution < 1.29 is 21.6 Å². The van der Waals surface area contributed by atoms with Gasteiger partial charge in [0, 0.05) is 24.1 Å². The maximum absolute atomic E-state index is 12.6. The highest BCUT2D eigenvalue weighted by molar-refractivity contribution is 9.10. The van der Waals surface area contributed by atoms with Crippen molar-refractivity contribution in [3.05, 3.63) is 58.6 Å². The number of morpholine rings is 1. The maximum atomic E-state index is 12.6. The Labute approximate surface area is 167 Å². The van der Waals surface area contributed by atoms with Gasteiger partial charge in [0.15, 0.2) is 0 Å². The van der Waals surface area contributed by atoms with Crippen molar-refractivity contribution in [2.24, 2.45) is 0 Å². The molecule has 0 saturated carbocycles. The molecule has 0 radical (unpaired) electrons. The molecule has 0 amide bonds. The molecule has 0 aliphatic carbocycles. The normalized spacial score (nSPS) is 16.3. The van der Waals surface area contributed by atoms with E-state index in [0.717, 1.165) is 4.47 Å². The van der Waals surface area contributed by atoms with Crippen LogP contribution in [0.1, 0.15) is 5.56 Å². The van der Waals surface area contributed by atoms with Gasteiger partial charge in [0.1, 0.15) is 0 Å². The van der Waals surface area contributed by atoms with Gasteiger partial charge < -0.3 is 4.74 Å². The lowest BCUT2D eigenvalue weighted by atomic mass is 10.2. The number of ether oxygens (including phenoxy) is 1. The number of nitrogens with zero attached hydrogens (tertiary/aromatic N) is 1. The van der Waals surface area contributed by atoms with Crippen molar-refractivity contribution in [2.75, 3.05) is 26.3 Å². The highest BCUT2D eigenvalue weighted by atomic mass is 79.9. The van der Waals surface area contributed by atoms with E-state index in [9.17, 15) is 16.8 Å². The molecule has 10 heteroatoms. The molecular formula is C17H19BrN2O5S2. The molecule has 146 valence electrons. The van der Waals surface area contributed by atoms with Crippen molar-refractivity contribution in [3.63, 3.8) is 0 Å². The lowest BCUT2D eigenvalue weighted by molar-refractivity contribution is 0.0730. The summed E-state index contributed by atoms with van der Waals surface area (Å²) in [6, 6.07) is 12.5. The van der Waals surface area contributed by atoms with Gasteiger partial charge in [-0.05, 0) is 42.0 Å². The lowest BCUT2D eigenvalue weighted by Crippen LogP contribution is -2.40. The SMILES string of the molecule is O=S(=O)(NCc1ccc(S(=O)(=O)N2CCOCC2)cc1)c1ccc(Br)cc1. The Morgan fingerprint density at radius 1 is 0.889 bits per heavy atom. The smallest absolute Gasteiger partial charge is 0.243 e. The number of hydrogen-bond acceptors (Lipinski definition) is 5. The summed E-state index contributed by atoms with van der Waals surface area (Å²) in [6.07, 6.45) is 0. The first-order valence-electron chi connectivity index (χ1n) is 8.21. The predicted octanol–water partition coefficient (Wildman–Crippen LogP) is 1.95. The van der Waals surface area contributed by atoms with Crippen LogP contribution in [0.3, 0.4) is 0 Å². The zero-order valence-electron chi connectivity index (χ0n) is 14.3. The molecule has 1 fully saturated rings. The molecule has 3 rings (SSSR count). The van der Waals surface area contributed by atoms with Gasteiger partial charge in [-0.1, -0.05) is 28.1 Å². The van der Waals surface area contributed by atoms with Crippen LogP contribution in [0.25, 0.3) is 0 Å². The van der Waals surface area contributed by atoms with Crippen LogP contribution in [-0.4, -0.2) is 47.4 Å². The average Bonchev–Trinajstić information content (AvgIpc) is 2.68. The van der Waals surface area contributed by atoms with Crippen LogP contribution in [0.15, 0.2) is 62.8 Å². The molecule has 1 saturated heterocycles. The maximum Gasteiger partial charge on any atom is 0.243 e. The van der Waals surface area contributed by atoms with Crippen LogP contribution in [0.2, 0.25) is 0 Å².